The van der Waals surface area contributed by atoms with Crippen LogP contribution in [0.3, 0.4) is 0 Å². The summed E-state index contributed by atoms with van der Waals surface area (Å²) in [6.45, 7) is 6.38. The minimum atomic E-state index is 0.246. The molecule has 0 spiro atoms. The number of rotatable bonds is 1. The molecule has 0 heterocycles. The third kappa shape index (κ3) is 5.54. The Morgan fingerprint density at radius 2 is 1.75 bits per heavy atom. The lowest BCUT2D eigenvalue weighted by atomic mass is 9.97. The van der Waals surface area contributed by atoms with Crippen molar-refractivity contribution in [1.82, 2.24) is 0 Å². The summed E-state index contributed by atoms with van der Waals surface area (Å²) in [7, 11) is 1.66. The van der Waals surface area contributed by atoms with E-state index in [1.165, 1.54) is 0 Å². The van der Waals surface area contributed by atoms with Gasteiger partial charge in [-0.05, 0) is 11.5 Å². The fourth-order valence-corrected chi connectivity index (χ4v) is 0.272. The van der Waals surface area contributed by atoms with Crippen LogP contribution in [0.15, 0.2) is 12.3 Å². The maximum absolute atomic E-state index is 4.74. The van der Waals surface area contributed by atoms with E-state index >= 15 is 0 Å². The van der Waals surface area contributed by atoms with Gasteiger partial charge in [-0.1, -0.05) is 20.8 Å². The second kappa shape index (κ2) is 2.75. The molecule has 0 aliphatic rings. The summed E-state index contributed by atoms with van der Waals surface area (Å²) in [5.41, 5.74) is 0.246. The Morgan fingerprint density at radius 3 is 1.88 bits per heavy atom. The fourth-order valence-electron chi connectivity index (χ4n) is 0.272. The van der Waals surface area contributed by atoms with Crippen LogP contribution in [0.25, 0.3) is 0 Å². The molecule has 0 fully saturated rings. The molecule has 0 aromatic carbocycles. The Kier molecular flexibility index (Phi) is 2.59. The second-order valence-corrected chi connectivity index (χ2v) is 2.90. The number of allylic oxidation sites excluding steroid dienone is 1. The summed E-state index contributed by atoms with van der Waals surface area (Å²) in [6.07, 6.45) is 3.73. The van der Waals surface area contributed by atoms with Gasteiger partial charge in [-0.25, -0.2) is 0 Å². The van der Waals surface area contributed by atoms with E-state index < -0.39 is 0 Å². The third-order valence-electron chi connectivity index (χ3n) is 0.704. The van der Waals surface area contributed by atoms with Crippen LogP contribution < -0.4 is 0 Å². The van der Waals surface area contributed by atoms with Gasteiger partial charge >= 0.3 is 0 Å². The first kappa shape index (κ1) is 7.54. The van der Waals surface area contributed by atoms with Gasteiger partial charge in [0.15, 0.2) is 0 Å². The van der Waals surface area contributed by atoms with E-state index in [2.05, 4.69) is 20.8 Å². The first-order valence-electron chi connectivity index (χ1n) is 2.77. The normalized spacial score (nSPS) is 12.5. The molecule has 0 unspecified atom stereocenters. The van der Waals surface area contributed by atoms with Gasteiger partial charge in [0.1, 0.15) is 0 Å². The van der Waals surface area contributed by atoms with Crippen molar-refractivity contribution in [2.75, 3.05) is 7.11 Å². The Hall–Kier alpha value is -0.460. The van der Waals surface area contributed by atoms with Crippen LogP contribution in [0.4, 0.5) is 0 Å². The molecule has 0 radical (unpaired) electrons. The molecular weight excluding hydrogens is 100 g/mol. The van der Waals surface area contributed by atoms with Gasteiger partial charge in [0.2, 0.25) is 0 Å². The number of hydrogen-bond donors (Lipinski definition) is 0. The van der Waals surface area contributed by atoms with Crippen molar-refractivity contribution in [1.29, 1.82) is 0 Å². The van der Waals surface area contributed by atoms with Crippen LogP contribution in [-0.2, 0) is 4.74 Å². The number of hydrogen-bond acceptors (Lipinski definition) is 1. The summed E-state index contributed by atoms with van der Waals surface area (Å²) in [5, 5.41) is 0. The highest BCUT2D eigenvalue weighted by atomic mass is 16.5. The average molecular weight is 114 g/mol. The van der Waals surface area contributed by atoms with E-state index in [1.807, 2.05) is 6.08 Å². The molecule has 1 nitrogen and oxygen atoms in total. The van der Waals surface area contributed by atoms with Crippen LogP contribution in [0.1, 0.15) is 20.8 Å². The van der Waals surface area contributed by atoms with E-state index in [1.54, 1.807) is 13.4 Å². The summed E-state index contributed by atoms with van der Waals surface area (Å²) < 4.78 is 4.74. The van der Waals surface area contributed by atoms with Crippen LogP contribution in [0.5, 0.6) is 0 Å². The topological polar surface area (TPSA) is 9.23 Å². The van der Waals surface area contributed by atoms with Gasteiger partial charge in [-0.15, -0.1) is 0 Å². The highest BCUT2D eigenvalue weighted by molar-refractivity contribution is 4.86. The highest BCUT2D eigenvalue weighted by Gasteiger charge is 2.02. The second-order valence-electron chi connectivity index (χ2n) is 2.90. The molecule has 0 amide bonds. The quantitative estimate of drug-likeness (QED) is 0.475. The maximum atomic E-state index is 4.74. The zero-order valence-corrected chi connectivity index (χ0v) is 6.06. The average Bonchev–Trinajstić information content (AvgIpc) is 1.59. The van der Waals surface area contributed by atoms with Crippen molar-refractivity contribution in [3.63, 3.8) is 0 Å². The van der Waals surface area contributed by atoms with Crippen molar-refractivity contribution in [2.45, 2.75) is 20.8 Å². The molecule has 0 saturated carbocycles. The standard InChI is InChI=1S/C7H14O/c1-7(2,3)5-6-8-4/h5-6H,1-4H3/b6-5+. The van der Waals surface area contributed by atoms with E-state index in [0.29, 0.717) is 0 Å². The van der Waals surface area contributed by atoms with Gasteiger partial charge < -0.3 is 4.74 Å². The highest BCUT2D eigenvalue weighted by Crippen LogP contribution is 2.13. The molecule has 0 rings (SSSR count). The third-order valence-corrected chi connectivity index (χ3v) is 0.704. The largest absolute Gasteiger partial charge is 0.505 e. The number of ether oxygens (including phenoxy) is 1. The molecule has 0 N–H and O–H groups in total. The summed E-state index contributed by atoms with van der Waals surface area (Å²) in [5.74, 6) is 0. The van der Waals surface area contributed by atoms with E-state index in [9.17, 15) is 0 Å². The maximum Gasteiger partial charge on any atom is 0.0790 e. The first-order chi connectivity index (χ1) is 3.56. The minimum absolute atomic E-state index is 0.246. The lowest BCUT2D eigenvalue weighted by Gasteiger charge is -2.09. The monoisotopic (exact) mass is 114 g/mol. The molecule has 0 aliphatic carbocycles. The van der Waals surface area contributed by atoms with E-state index in [0.717, 1.165) is 0 Å². The summed E-state index contributed by atoms with van der Waals surface area (Å²) in [6, 6.07) is 0. The van der Waals surface area contributed by atoms with Crippen LogP contribution in [0.2, 0.25) is 0 Å². The van der Waals surface area contributed by atoms with E-state index in [-0.39, 0.29) is 5.41 Å². The van der Waals surface area contributed by atoms with E-state index in [4.69, 9.17) is 4.74 Å². The fraction of sp³-hybridized carbons (Fsp3) is 0.714. The summed E-state index contributed by atoms with van der Waals surface area (Å²) in [4.78, 5) is 0. The molecule has 8 heavy (non-hydrogen) atoms. The zero-order valence-electron chi connectivity index (χ0n) is 6.06. The van der Waals surface area contributed by atoms with Crippen molar-refractivity contribution in [3.8, 4) is 0 Å². The van der Waals surface area contributed by atoms with Crippen LogP contribution >= 0.6 is 0 Å². The van der Waals surface area contributed by atoms with Gasteiger partial charge in [-0.3, -0.25) is 0 Å². The minimum Gasteiger partial charge on any atom is -0.505 e. The molecule has 0 atom stereocenters. The predicted octanol–water partition coefficient (Wildman–Crippen LogP) is 2.19. The Morgan fingerprint density at radius 1 is 1.25 bits per heavy atom. The van der Waals surface area contributed by atoms with Crippen molar-refractivity contribution < 1.29 is 4.74 Å². The van der Waals surface area contributed by atoms with Crippen molar-refractivity contribution >= 4 is 0 Å². The van der Waals surface area contributed by atoms with Gasteiger partial charge in [0.05, 0.1) is 13.4 Å². The smallest absolute Gasteiger partial charge is 0.0790 e. The Labute approximate surface area is 51.4 Å². The van der Waals surface area contributed by atoms with Crippen LogP contribution in [-0.4, -0.2) is 7.11 Å². The predicted molar refractivity (Wildman–Crippen MR) is 35.6 cm³/mol. The molecular formula is C7H14O. The molecule has 48 valence electrons. The van der Waals surface area contributed by atoms with Crippen molar-refractivity contribution in [2.24, 2.45) is 5.41 Å². The summed E-state index contributed by atoms with van der Waals surface area (Å²) >= 11 is 0. The van der Waals surface area contributed by atoms with Gasteiger partial charge in [-0.2, -0.15) is 0 Å². The first-order valence-corrected chi connectivity index (χ1v) is 2.77. The molecule has 1 heteroatoms. The van der Waals surface area contributed by atoms with Gasteiger partial charge in [0.25, 0.3) is 0 Å². The SMILES string of the molecule is CO/C=C/C(C)(C)C. The molecule has 0 aromatic heterocycles. The Bertz CT molecular complexity index is 76.9. The molecule has 0 aromatic rings. The molecule has 0 bridgehead atoms. The zero-order chi connectivity index (χ0) is 6.62. The lowest BCUT2D eigenvalue weighted by Crippen LogP contribution is -1.98. The molecule has 0 saturated heterocycles. The lowest BCUT2D eigenvalue weighted by molar-refractivity contribution is 0.329. The van der Waals surface area contributed by atoms with Crippen LogP contribution in [0, 0.1) is 5.41 Å². The molecule has 0 aliphatic heterocycles. The van der Waals surface area contributed by atoms with Gasteiger partial charge in [0, 0.05) is 0 Å². The van der Waals surface area contributed by atoms with Crippen molar-refractivity contribution in [3.05, 3.63) is 12.3 Å². The number of methoxy groups -OCH3 is 1. The Balaban J connectivity index is 3.52.